The second-order valence-corrected chi connectivity index (χ2v) is 8.34. The van der Waals surface area contributed by atoms with E-state index in [4.69, 9.17) is 4.74 Å². The largest absolute Gasteiger partial charge is 0.497 e. The highest BCUT2D eigenvalue weighted by Gasteiger charge is 2.46. The van der Waals surface area contributed by atoms with Crippen LogP contribution < -0.4 is 9.64 Å². The van der Waals surface area contributed by atoms with Crippen molar-refractivity contribution in [3.05, 3.63) is 24.3 Å². The lowest BCUT2D eigenvalue weighted by molar-refractivity contribution is -0.116. The van der Waals surface area contributed by atoms with Gasteiger partial charge in [-0.15, -0.1) is 11.8 Å². The third kappa shape index (κ3) is 2.40. The van der Waals surface area contributed by atoms with Crippen LogP contribution in [-0.2, 0) is 14.6 Å². The Kier molecular flexibility index (Phi) is 3.41. The number of carbonyl (C=O) groups is 1. The summed E-state index contributed by atoms with van der Waals surface area (Å²) < 4.78 is 28.7. The lowest BCUT2D eigenvalue weighted by Gasteiger charge is -2.36. The predicted octanol–water partition coefficient (Wildman–Crippen LogP) is 0.941. The molecule has 3 rings (SSSR count). The smallest absolute Gasteiger partial charge is 0.237 e. The zero-order valence-electron chi connectivity index (χ0n) is 11.0. The van der Waals surface area contributed by atoms with Crippen molar-refractivity contribution in [3.63, 3.8) is 0 Å². The highest BCUT2D eigenvalue weighted by molar-refractivity contribution is 8.02. The van der Waals surface area contributed by atoms with Gasteiger partial charge >= 0.3 is 0 Å². The quantitative estimate of drug-likeness (QED) is 0.813. The fourth-order valence-electron chi connectivity index (χ4n) is 2.71. The fourth-order valence-corrected chi connectivity index (χ4v) is 6.53. The highest BCUT2D eigenvalue weighted by Crippen LogP contribution is 2.36. The Balaban J connectivity index is 1.94. The van der Waals surface area contributed by atoms with Gasteiger partial charge in [0, 0.05) is 10.9 Å². The Bertz CT molecular complexity index is 626. The Labute approximate surface area is 122 Å². The van der Waals surface area contributed by atoms with Crippen molar-refractivity contribution in [2.75, 3.05) is 29.3 Å². The summed E-state index contributed by atoms with van der Waals surface area (Å²) in [5.41, 5.74) is 0.739. The first kappa shape index (κ1) is 13.8. The number of benzene rings is 1. The van der Waals surface area contributed by atoms with E-state index in [9.17, 15) is 13.2 Å². The first-order chi connectivity index (χ1) is 9.50. The minimum Gasteiger partial charge on any atom is -0.497 e. The number of rotatable bonds is 2. The zero-order chi connectivity index (χ0) is 14.3. The van der Waals surface area contributed by atoms with Crippen LogP contribution in [0.2, 0.25) is 0 Å². The molecule has 2 saturated heterocycles. The SMILES string of the molecule is COc1ccc(N2C(=O)CS[C@H]3CS(=O)(=O)C[C@H]32)cc1. The summed E-state index contributed by atoms with van der Waals surface area (Å²) in [6.45, 7) is 0. The molecule has 0 saturated carbocycles. The summed E-state index contributed by atoms with van der Waals surface area (Å²) in [7, 11) is -1.46. The molecule has 0 unspecified atom stereocenters. The van der Waals surface area contributed by atoms with Gasteiger partial charge in [-0.05, 0) is 24.3 Å². The standard InChI is InChI=1S/C13H15NO4S2/c1-18-10-4-2-9(3-5-10)14-11-7-20(16,17)8-12(11)19-6-13(14)15/h2-5,11-12H,6-8H2,1H3/t11-,12+/m1/s1. The molecule has 0 bridgehead atoms. The molecule has 0 aliphatic carbocycles. The zero-order valence-corrected chi connectivity index (χ0v) is 12.6. The normalized spacial score (nSPS) is 28.2. The van der Waals surface area contributed by atoms with Crippen LogP contribution in [0.5, 0.6) is 5.75 Å². The Morgan fingerprint density at radius 3 is 2.60 bits per heavy atom. The molecule has 1 aromatic rings. The Morgan fingerprint density at radius 2 is 1.95 bits per heavy atom. The van der Waals surface area contributed by atoms with Gasteiger partial charge in [-0.1, -0.05) is 0 Å². The van der Waals surface area contributed by atoms with Crippen LogP contribution in [0, 0.1) is 0 Å². The molecule has 2 aliphatic rings. The Hall–Kier alpha value is -1.21. The molecule has 20 heavy (non-hydrogen) atoms. The highest BCUT2D eigenvalue weighted by atomic mass is 32.2. The van der Waals surface area contributed by atoms with E-state index in [2.05, 4.69) is 0 Å². The topological polar surface area (TPSA) is 63.7 Å². The van der Waals surface area contributed by atoms with E-state index in [1.807, 2.05) is 0 Å². The molecule has 0 N–H and O–H groups in total. The average molecular weight is 313 g/mol. The van der Waals surface area contributed by atoms with Gasteiger partial charge in [-0.2, -0.15) is 0 Å². The molecule has 2 heterocycles. The molecule has 5 nitrogen and oxygen atoms in total. The molecule has 0 spiro atoms. The second-order valence-electron chi connectivity index (χ2n) is 4.96. The number of fused-ring (bicyclic) bond motifs is 1. The molecule has 2 aliphatic heterocycles. The van der Waals surface area contributed by atoms with Crippen molar-refractivity contribution < 1.29 is 17.9 Å². The summed E-state index contributed by atoms with van der Waals surface area (Å²) >= 11 is 1.46. The number of amides is 1. The van der Waals surface area contributed by atoms with Crippen molar-refractivity contribution in [1.29, 1.82) is 0 Å². The van der Waals surface area contributed by atoms with Gasteiger partial charge in [0.25, 0.3) is 0 Å². The molecule has 0 aromatic heterocycles. The molecule has 1 amide bonds. The summed E-state index contributed by atoms with van der Waals surface area (Å²) in [6, 6.07) is 6.91. The number of ether oxygens (including phenoxy) is 1. The molecule has 108 valence electrons. The Morgan fingerprint density at radius 1 is 1.25 bits per heavy atom. The van der Waals surface area contributed by atoms with Crippen LogP contribution in [0.15, 0.2) is 24.3 Å². The summed E-state index contributed by atoms with van der Waals surface area (Å²) in [5.74, 6) is 1.25. The van der Waals surface area contributed by atoms with E-state index in [0.717, 1.165) is 5.69 Å². The number of anilines is 1. The van der Waals surface area contributed by atoms with Crippen molar-refractivity contribution in [1.82, 2.24) is 0 Å². The van der Waals surface area contributed by atoms with Gasteiger partial charge < -0.3 is 9.64 Å². The van der Waals surface area contributed by atoms with E-state index in [-0.39, 0.29) is 28.7 Å². The maximum atomic E-state index is 12.2. The van der Waals surface area contributed by atoms with Gasteiger partial charge in [0.1, 0.15) is 5.75 Å². The lowest BCUT2D eigenvalue weighted by Crippen LogP contribution is -2.50. The van der Waals surface area contributed by atoms with Gasteiger partial charge in [0.05, 0.1) is 30.4 Å². The van der Waals surface area contributed by atoms with Gasteiger partial charge in [-0.3, -0.25) is 4.79 Å². The van der Waals surface area contributed by atoms with Crippen molar-refractivity contribution in [3.8, 4) is 5.75 Å². The van der Waals surface area contributed by atoms with E-state index >= 15 is 0 Å². The van der Waals surface area contributed by atoms with Gasteiger partial charge in [0.2, 0.25) is 5.91 Å². The number of hydrogen-bond donors (Lipinski definition) is 0. The van der Waals surface area contributed by atoms with Crippen molar-refractivity contribution >= 4 is 33.2 Å². The number of thioether (sulfide) groups is 1. The van der Waals surface area contributed by atoms with Crippen LogP contribution in [-0.4, -0.2) is 50.0 Å². The van der Waals surface area contributed by atoms with Crippen molar-refractivity contribution in [2.24, 2.45) is 0 Å². The van der Waals surface area contributed by atoms with E-state index in [1.54, 1.807) is 36.3 Å². The van der Waals surface area contributed by atoms with Crippen LogP contribution in [0.4, 0.5) is 5.69 Å². The third-order valence-corrected chi connectivity index (χ3v) is 6.89. The maximum Gasteiger partial charge on any atom is 0.237 e. The van der Waals surface area contributed by atoms with Crippen LogP contribution in [0.1, 0.15) is 0 Å². The molecular formula is C13H15NO4S2. The van der Waals surface area contributed by atoms with Gasteiger partial charge in [0.15, 0.2) is 9.84 Å². The lowest BCUT2D eigenvalue weighted by atomic mass is 10.1. The van der Waals surface area contributed by atoms with Crippen molar-refractivity contribution in [2.45, 2.75) is 11.3 Å². The molecular weight excluding hydrogens is 298 g/mol. The number of hydrogen-bond acceptors (Lipinski definition) is 5. The minimum absolute atomic E-state index is 0.0141. The summed E-state index contributed by atoms with van der Waals surface area (Å²) in [4.78, 5) is 13.8. The monoisotopic (exact) mass is 313 g/mol. The van der Waals surface area contributed by atoms with Gasteiger partial charge in [-0.25, -0.2) is 8.42 Å². The number of methoxy groups -OCH3 is 1. The predicted molar refractivity (Wildman–Crippen MR) is 79.2 cm³/mol. The summed E-state index contributed by atoms with van der Waals surface area (Å²) in [6.07, 6.45) is 0. The maximum absolute atomic E-state index is 12.2. The second kappa shape index (κ2) is 4.96. The van der Waals surface area contributed by atoms with Crippen LogP contribution in [0.3, 0.4) is 0 Å². The van der Waals surface area contributed by atoms with Crippen LogP contribution >= 0.6 is 11.8 Å². The molecule has 2 atom stereocenters. The average Bonchev–Trinajstić information content (AvgIpc) is 2.73. The minimum atomic E-state index is -3.05. The summed E-state index contributed by atoms with van der Waals surface area (Å²) in [5, 5.41) is -0.0141. The molecule has 0 radical (unpaired) electrons. The fraction of sp³-hybridized carbons (Fsp3) is 0.462. The number of carbonyl (C=O) groups excluding carboxylic acids is 1. The molecule has 1 aromatic carbocycles. The number of nitrogens with zero attached hydrogens (tertiary/aromatic N) is 1. The van der Waals surface area contributed by atoms with E-state index in [1.165, 1.54) is 11.8 Å². The number of sulfone groups is 1. The third-order valence-electron chi connectivity index (χ3n) is 3.64. The van der Waals surface area contributed by atoms with E-state index < -0.39 is 9.84 Å². The molecule has 7 heteroatoms. The molecule has 2 fully saturated rings. The first-order valence-corrected chi connectivity index (χ1v) is 9.15. The van der Waals surface area contributed by atoms with Crippen LogP contribution in [0.25, 0.3) is 0 Å². The first-order valence-electron chi connectivity index (χ1n) is 6.28. The van der Waals surface area contributed by atoms with E-state index in [0.29, 0.717) is 11.5 Å².